The first kappa shape index (κ1) is 18.2. The van der Waals surface area contributed by atoms with Crippen molar-refractivity contribution in [2.75, 3.05) is 38.7 Å². The van der Waals surface area contributed by atoms with Crippen molar-refractivity contribution in [1.29, 1.82) is 0 Å². The number of hydrogen-bond acceptors (Lipinski definition) is 6. The van der Waals surface area contributed by atoms with Crippen LogP contribution in [0.3, 0.4) is 0 Å². The largest absolute Gasteiger partial charge is 0.497 e. The molecule has 2 saturated heterocycles. The van der Waals surface area contributed by atoms with Gasteiger partial charge in [-0.05, 0) is 48.9 Å². The van der Waals surface area contributed by atoms with Gasteiger partial charge in [-0.15, -0.1) is 0 Å². The molecule has 2 fully saturated rings. The van der Waals surface area contributed by atoms with E-state index in [1.165, 1.54) is 5.56 Å². The monoisotopic (exact) mass is 368 g/mol. The lowest BCUT2D eigenvalue weighted by atomic mass is 9.78. The number of likely N-dealkylation sites (tertiary alicyclic amines) is 1. The molecule has 0 radical (unpaired) electrons. The summed E-state index contributed by atoms with van der Waals surface area (Å²) < 4.78 is 11.4. The fraction of sp³-hybridized carbons (Fsp3) is 0.524. The predicted molar refractivity (Wildman–Crippen MR) is 105 cm³/mol. The van der Waals surface area contributed by atoms with E-state index in [0.29, 0.717) is 11.9 Å². The normalized spacial score (nSPS) is 21.2. The second kappa shape index (κ2) is 7.82. The molecule has 4 rings (SSSR count). The van der Waals surface area contributed by atoms with E-state index in [-0.39, 0.29) is 5.60 Å². The van der Waals surface area contributed by atoms with Gasteiger partial charge in [0.2, 0.25) is 5.95 Å². The fourth-order valence-corrected chi connectivity index (χ4v) is 4.20. The minimum absolute atomic E-state index is 0.0439. The quantitative estimate of drug-likeness (QED) is 0.811. The fourth-order valence-electron chi connectivity index (χ4n) is 4.20. The summed E-state index contributed by atoms with van der Waals surface area (Å²) in [6.45, 7) is 6.77. The van der Waals surface area contributed by atoms with Crippen LogP contribution in [-0.4, -0.2) is 53.8 Å². The first-order valence-corrected chi connectivity index (χ1v) is 9.69. The second-order valence-corrected chi connectivity index (χ2v) is 7.69. The lowest BCUT2D eigenvalue weighted by Crippen LogP contribution is -2.64. The molecule has 1 aromatic carbocycles. The van der Waals surface area contributed by atoms with Crippen molar-refractivity contribution >= 4 is 5.95 Å². The number of benzene rings is 1. The number of aryl methyl sites for hydroxylation is 1. The van der Waals surface area contributed by atoms with Crippen molar-refractivity contribution in [3.63, 3.8) is 0 Å². The van der Waals surface area contributed by atoms with Gasteiger partial charge in [-0.3, -0.25) is 4.90 Å². The van der Waals surface area contributed by atoms with Crippen molar-refractivity contribution in [1.82, 2.24) is 14.9 Å². The SMILES string of the molecule is COc1ccc(CN2CC3(C2)OCCC3CCNc2ncc(C)cn2)cc1. The van der Waals surface area contributed by atoms with Crippen molar-refractivity contribution in [3.8, 4) is 5.75 Å². The highest BCUT2D eigenvalue weighted by molar-refractivity contribution is 5.27. The predicted octanol–water partition coefficient (Wildman–Crippen LogP) is 2.89. The van der Waals surface area contributed by atoms with Crippen LogP contribution in [0.4, 0.5) is 5.95 Å². The molecule has 0 aliphatic carbocycles. The van der Waals surface area contributed by atoms with Gasteiger partial charge >= 0.3 is 0 Å². The molecule has 0 bridgehead atoms. The maximum Gasteiger partial charge on any atom is 0.222 e. The molecule has 1 N–H and O–H groups in total. The molecule has 6 nitrogen and oxygen atoms in total. The van der Waals surface area contributed by atoms with E-state index < -0.39 is 0 Å². The van der Waals surface area contributed by atoms with Gasteiger partial charge < -0.3 is 14.8 Å². The summed E-state index contributed by atoms with van der Waals surface area (Å²) in [6, 6.07) is 8.34. The molecule has 1 aromatic heterocycles. The van der Waals surface area contributed by atoms with Gasteiger partial charge in [-0.25, -0.2) is 9.97 Å². The van der Waals surface area contributed by atoms with Crippen LogP contribution in [0.1, 0.15) is 24.0 Å². The summed E-state index contributed by atoms with van der Waals surface area (Å²) in [4.78, 5) is 11.1. The third-order valence-corrected chi connectivity index (χ3v) is 5.70. The summed E-state index contributed by atoms with van der Waals surface area (Å²) in [5, 5.41) is 3.34. The van der Waals surface area contributed by atoms with Crippen LogP contribution in [0, 0.1) is 12.8 Å². The third kappa shape index (κ3) is 4.06. The van der Waals surface area contributed by atoms with Crippen LogP contribution in [-0.2, 0) is 11.3 Å². The van der Waals surface area contributed by atoms with Crippen molar-refractivity contribution in [3.05, 3.63) is 47.8 Å². The van der Waals surface area contributed by atoms with Gasteiger partial charge in [0, 0.05) is 45.2 Å². The lowest BCUT2D eigenvalue weighted by molar-refractivity contribution is -0.136. The molecule has 1 unspecified atom stereocenters. The zero-order chi connectivity index (χ0) is 18.7. The molecule has 2 aromatic rings. The van der Waals surface area contributed by atoms with Gasteiger partial charge in [-0.1, -0.05) is 12.1 Å². The van der Waals surface area contributed by atoms with Crippen LogP contribution in [0.5, 0.6) is 5.75 Å². The maximum atomic E-state index is 6.19. The number of hydrogen-bond donors (Lipinski definition) is 1. The summed E-state index contributed by atoms with van der Waals surface area (Å²) in [5.41, 5.74) is 2.44. The number of ether oxygens (including phenoxy) is 2. The number of anilines is 1. The molecule has 144 valence electrons. The van der Waals surface area contributed by atoms with Crippen molar-refractivity contribution < 1.29 is 9.47 Å². The Bertz CT molecular complexity index is 742. The number of rotatable bonds is 7. The highest BCUT2D eigenvalue weighted by Crippen LogP contribution is 2.42. The van der Waals surface area contributed by atoms with Crippen molar-refractivity contribution in [2.24, 2.45) is 5.92 Å². The Kier molecular flexibility index (Phi) is 5.27. The Morgan fingerprint density at radius 1 is 1.22 bits per heavy atom. The van der Waals surface area contributed by atoms with Crippen LogP contribution in [0.2, 0.25) is 0 Å². The third-order valence-electron chi connectivity index (χ3n) is 5.70. The first-order chi connectivity index (χ1) is 13.2. The average Bonchev–Trinajstić information content (AvgIpc) is 3.07. The minimum Gasteiger partial charge on any atom is -0.497 e. The molecule has 2 aliphatic rings. The van der Waals surface area contributed by atoms with E-state index in [4.69, 9.17) is 9.47 Å². The molecular formula is C21H28N4O2. The Balaban J connectivity index is 1.25. The molecule has 0 amide bonds. The molecule has 27 heavy (non-hydrogen) atoms. The molecule has 2 aliphatic heterocycles. The minimum atomic E-state index is 0.0439. The smallest absolute Gasteiger partial charge is 0.222 e. The molecule has 3 heterocycles. The zero-order valence-corrected chi connectivity index (χ0v) is 16.1. The topological polar surface area (TPSA) is 59.5 Å². The van der Waals surface area contributed by atoms with Crippen LogP contribution < -0.4 is 10.1 Å². The second-order valence-electron chi connectivity index (χ2n) is 7.69. The van der Waals surface area contributed by atoms with Crippen LogP contribution in [0.25, 0.3) is 0 Å². The van der Waals surface area contributed by atoms with Gasteiger partial charge in [0.1, 0.15) is 5.75 Å². The van der Waals surface area contributed by atoms with E-state index in [2.05, 4.69) is 32.3 Å². The number of nitrogens with one attached hydrogen (secondary N) is 1. The maximum absolute atomic E-state index is 6.19. The number of nitrogens with zero attached hydrogens (tertiary/aromatic N) is 3. The lowest BCUT2D eigenvalue weighted by Gasteiger charge is -2.50. The average molecular weight is 368 g/mol. The van der Waals surface area contributed by atoms with E-state index in [0.717, 1.165) is 56.9 Å². The number of aromatic nitrogens is 2. The molecular weight excluding hydrogens is 340 g/mol. The summed E-state index contributed by atoms with van der Waals surface area (Å²) in [5.74, 6) is 2.22. The van der Waals surface area contributed by atoms with Crippen LogP contribution >= 0.6 is 0 Å². The van der Waals surface area contributed by atoms with Crippen LogP contribution in [0.15, 0.2) is 36.7 Å². The zero-order valence-electron chi connectivity index (χ0n) is 16.1. The summed E-state index contributed by atoms with van der Waals surface area (Å²) in [6.07, 6.45) is 5.93. The first-order valence-electron chi connectivity index (χ1n) is 9.69. The van der Waals surface area contributed by atoms with E-state index in [9.17, 15) is 0 Å². The van der Waals surface area contributed by atoms with E-state index >= 15 is 0 Å². The Morgan fingerprint density at radius 2 is 1.96 bits per heavy atom. The highest BCUT2D eigenvalue weighted by Gasteiger charge is 2.52. The Labute approximate surface area is 160 Å². The molecule has 6 heteroatoms. The standard InChI is InChI=1S/C21H28N4O2/c1-16-11-23-20(24-12-16)22-9-7-18-8-10-27-21(18)14-25(15-21)13-17-3-5-19(26-2)6-4-17/h3-6,11-12,18H,7-10,13-15H2,1-2H3,(H,22,23,24). The van der Waals surface area contributed by atoms with Gasteiger partial charge in [0.05, 0.1) is 12.7 Å². The van der Waals surface area contributed by atoms with Crippen molar-refractivity contribution in [2.45, 2.75) is 31.9 Å². The van der Waals surface area contributed by atoms with E-state index in [1.54, 1.807) is 7.11 Å². The molecule has 1 atom stereocenters. The Hall–Kier alpha value is -2.18. The Morgan fingerprint density at radius 3 is 2.67 bits per heavy atom. The van der Waals surface area contributed by atoms with Gasteiger partial charge in [0.15, 0.2) is 0 Å². The van der Waals surface area contributed by atoms with E-state index in [1.807, 2.05) is 31.5 Å². The van der Waals surface area contributed by atoms with Gasteiger partial charge in [-0.2, -0.15) is 0 Å². The molecule has 0 saturated carbocycles. The molecule has 1 spiro atoms. The summed E-state index contributed by atoms with van der Waals surface area (Å²) in [7, 11) is 1.70. The highest BCUT2D eigenvalue weighted by atomic mass is 16.5. The number of methoxy groups -OCH3 is 1. The van der Waals surface area contributed by atoms with Gasteiger partial charge in [0.25, 0.3) is 0 Å². The summed E-state index contributed by atoms with van der Waals surface area (Å²) >= 11 is 0.